The van der Waals surface area contributed by atoms with Crippen molar-refractivity contribution in [2.45, 2.75) is 25.9 Å². The molecular formula is C13H13F2NO3. The van der Waals surface area contributed by atoms with E-state index >= 15 is 0 Å². The zero-order valence-corrected chi connectivity index (χ0v) is 10.3. The number of ether oxygens (including phenoxy) is 1. The summed E-state index contributed by atoms with van der Waals surface area (Å²) in [4.78, 5) is 22.5. The first-order valence-electron chi connectivity index (χ1n) is 5.83. The minimum absolute atomic E-state index is 0.0722. The van der Waals surface area contributed by atoms with Crippen LogP contribution in [0, 0.1) is 0 Å². The Balaban J connectivity index is 2.32. The second-order valence-electron chi connectivity index (χ2n) is 4.40. The van der Waals surface area contributed by atoms with Crippen LogP contribution in [0.1, 0.15) is 35.2 Å². The summed E-state index contributed by atoms with van der Waals surface area (Å²) in [5.74, 6) is -0.632. The van der Waals surface area contributed by atoms with Gasteiger partial charge >= 0.3 is 6.61 Å². The summed E-state index contributed by atoms with van der Waals surface area (Å²) >= 11 is 0. The normalized spacial score (nSPS) is 18.5. The van der Waals surface area contributed by atoms with Gasteiger partial charge in [0.2, 0.25) is 5.91 Å². The zero-order valence-electron chi connectivity index (χ0n) is 10.3. The topological polar surface area (TPSA) is 55.4 Å². The van der Waals surface area contributed by atoms with Crippen molar-refractivity contribution in [2.75, 3.05) is 6.54 Å². The van der Waals surface area contributed by atoms with Gasteiger partial charge in [-0.3, -0.25) is 9.59 Å². The molecule has 1 amide bonds. The number of Topliss-reactive ketones (excluding diaryl/α,β-unsaturated/α-hetero) is 1. The number of nitrogens with one attached hydrogen (secondary N) is 1. The second-order valence-corrected chi connectivity index (χ2v) is 4.40. The molecule has 0 unspecified atom stereocenters. The van der Waals surface area contributed by atoms with E-state index in [4.69, 9.17) is 0 Å². The summed E-state index contributed by atoms with van der Waals surface area (Å²) in [6.07, 6.45) is 0.313. The van der Waals surface area contributed by atoms with E-state index in [9.17, 15) is 18.4 Å². The molecule has 1 N–H and O–H groups in total. The Kier molecular flexibility index (Phi) is 3.78. The average molecular weight is 269 g/mol. The Morgan fingerprint density at radius 3 is 2.74 bits per heavy atom. The Morgan fingerprint density at radius 1 is 1.47 bits per heavy atom. The van der Waals surface area contributed by atoms with Crippen LogP contribution in [-0.2, 0) is 4.79 Å². The molecule has 0 aromatic heterocycles. The summed E-state index contributed by atoms with van der Waals surface area (Å²) in [5, 5.41) is 2.67. The van der Waals surface area contributed by atoms with Crippen LogP contribution < -0.4 is 10.1 Å². The summed E-state index contributed by atoms with van der Waals surface area (Å²) in [6, 6.07) is 4.53. The van der Waals surface area contributed by atoms with Crippen LogP contribution in [-0.4, -0.2) is 24.8 Å². The number of rotatable bonds is 4. The highest BCUT2D eigenvalue weighted by Gasteiger charge is 2.24. The number of halogens is 2. The molecule has 0 aliphatic carbocycles. The van der Waals surface area contributed by atoms with Crippen LogP contribution in [0.4, 0.5) is 8.78 Å². The van der Waals surface area contributed by atoms with Gasteiger partial charge in [0.15, 0.2) is 5.78 Å². The molecule has 102 valence electrons. The maximum absolute atomic E-state index is 12.3. The van der Waals surface area contributed by atoms with E-state index in [1.54, 1.807) is 6.07 Å². The number of benzene rings is 1. The molecule has 1 atom stereocenters. The maximum atomic E-state index is 12.3. The third kappa shape index (κ3) is 3.07. The minimum atomic E-state index is -2.99. The molecule has 1 aromatic rings. The van der Waals surface area contributed by atoms with Crippen molar-refractivity contribution in [1.29, 1.82) is 0 Å². The summed E-state index contributed by atoms with van der Waals surface area (Å²) in [5.41, 5.74) is 0.820. The lowest BCUT2D eigenvalue weighted by Gasteiger charge is -2.13. The van der Waals surface area contributed by atoms with Gasteiger partial charge in [-0.2, -0.15) is 8.78 Å². The van der Waals surface area contributed by atoms with E-state index in [1.165, 1.54) is 19.1 Å². The predicted molar refractivity (Wildman–Crippen MR) is 63.4 cm³/mol. The van der Waals surface area contributed by atoms with Crippen LogP contribution in [0.15, 0.2) is 18.2 Å². The summed E-state index contributed by atoms with van der Waals surface area (Å²) in [7, 11) is 0. The molecule has 6 heteroatoms. The molecule has 1 aromatic carbocycles. The van der Waals surface area contributed by atoms with Crippen LogP contribution in [0.25, 0.3) is 0 Å². The van der Waals surface area contributed by atoms with Gasteiger partial charge in [0.05, 0.1) is 5.56 Å². The number of alkyl halides is 2. The number of hydrogen-bond acceptors (Lipinski definition) is 3. The minimum Gasteiger partial charge on any atom is -0.434 e. The fraction of sp³-hybridized carbons (Fsp3) is 0.385. The molecule has 2 rings (SSSR count). The lowest BCUT2D eigenvalue weighted by Crippen LogP contribution is -2.13. The average Bonchev–Trinajstić information content (AvgIpc) is 2.74. The van der Waals surface area contributed by atoms with Crippen molar-refractivity contribution >= 4 is 11.7 Å². The standard InChI is InChI=1S/C13H13F2NO3/c1-7(17)10-3-2-8(4-11(10)19-13(14)15)9-5-12(18)16-6-9/h2-4,9,13H,5-6H2,1H3,(H,16,18)/t9-/m1/s1. The fourth-order valence-corrected chi connectivity index (χ4v) is 2.12. The number of carbonyl (C=O) groups is 2. The number of carbonyl (C=O) groups excluding carboxylic acids is 2. The second kappa shape index (κ2) is 5.34. The van der Waals surface area contributed by atoms with Crippen molar-refractivity contribution in [3.05, 3.63) is 29.3 Å². The van der Waals surface area contributed by atoms with Crippen molar-refractivity contribution in [3.8, 4) is 5.75 Å². The maximum Gasteiger partial charge on any atom is 0.387 e. The van der Waals surface area contributed by atoms with Gasteiger partial charge in [0.25, 0.3) is 0 Å². The van der Waals surface area contributed by atoms with E-state index in [0.29, 0.717) is 18.5 Å². The highest BCUT2D eigenvalue weighted by Crippen LogP contribution is 2.29. The predicted octanol–water partition coefficient (Wildman–Crippen LogP) is 2.09. The first kappa shape index (κ1) is 13.5. The highest BCUT2D eigenvalue weighted by molar-refractivity contribution is 5.97. The largest absolute Gasteiger partial charge is 0.434 e. The van der Waals surface area contributed by atoms with Crippen molar-refractivity contribution < 1.29 is 23.1 Å². The molecule has 19 heavy (non-hydrogen) atoms. The van der Waals surface area contributed by atoms with E-state index < -0.39 is 6.61 Å². The summed E-state index contributed by atoms with van der Waals surface area (Å²) < 4.78 is 29.0. The number of amides is 1. The number of ketones is 1. The smallest absolute Gasteiger partial charge is 0.387 e. The molecule has 1 aliphatic rings. The van der Waals surface area contributed by atoms with Gasteiger partial charge < -0.3 is 10.1 Å². The van der Waals surface area contributed by atoms with E-state index in [2.05, 4.69) is 10.1 Å². The third-order valence-corrected chi connectivity index (χ3v) is 3.05. The molecule has 1 saturated heterocycles. The monoisotopic (exact) mass is 269 g/mol. The van der Waals surface area contributed by atoms with Gasteiger partial charge in [-0.1, -0.05) is 6.07 Å². The van der Waals surface area contributed by atoms with Gasteiger partial charge in [-0.25, -0.2) is 0 Å². The molecular weight excluding hydrogens is 256 g/mol. The molecule has 0 radical (unpaired) electrons. The molecule has 0 saturated carbocycles. The molecule has 1 heterocycles. The van der Waals surface area contributed by atoms with Gasteiger partial charge in [-0.05, 0) is 24.6 Å². The highest BCUT2D eigenvalue weighted by atomic mass is 19.3. The Bertz CT molecular complexity index is 517. The molecule has 4 nitrogen and oxygen atoms in total. The Hall–Kier alpha value is -1.98. The van der Waals surface area contributed by atoms with Crippen molar-refractivity contribution in [1.82, 2.24) is 5.32 Å². The lowest BCUT2D eigenvalue weighted by molar-refractivity contribution is -0.119. The number of hydrogen-bond donors (Lipinski definition) is 1. The fourth-order valence-electron chi connectivity index (χ4n) is 2.12. The van der Waals surface area contributed by atoms with E-state index in [0.717, 1.165) is 0 Å². The first-order chi connectivity index (χ1) is 8.97. The van der Waals surface area contributed by atoms with Gasteiger partial charge in [-0.15, -0.1) is 0 Å². The molecule has 1 fully saturated rings. The zero-order chi connectivity index (χ0) is 14.0. The third-order valence-electron chi connectivity index (χ3n) is 3.05. The molecule has 1 aliphatic heterocycles. The molecule has 0 spiro atoms. The summed E-state index contributed by atoms with van der Waals surface area (Å²) in [6.45, 7) is -1.24. The van der Waals surface area contributed by atoms with Crippen molar-refractivity contribution in [2.24, 2.45) is 0 Å². The van der Waals surface area contributed by atoms with E-state index in [-0.39, 0.29) is 28.9 Å². The first-order valence-corrected chi connectivity index (χ1v) is 5.83. The lowest BCUT2D eigenvalue weighted by atomic mass is 9.96. The van der Waals surface area contributed by atoms with Crippen LogP contribution >= 0.6 is 0 Å². The van der Waals surface area contributed by atoms with Gasteiger partial charge in [0.1, 0.15) is 5.75 Å². The van der Waals surface area contributed by atoms with Crippen molar-refractivity contribution in [3.63, 3.8) is 0 Å². The quantitative estimate of drug-likeness (QED) is 0.851. The Labute approximate surface area is 108 Å². The van der Waals surface area contributed by atoms with Crippen LogP contribution in [0.5, 0.6) is 5.75 Å². The Morgan fingerprint density at radius 2 is 2.21 bits per heavy atom. The van der Waals surface area contributed by atoms with Crippen LogP contribution in [0.3, 0.4) is 0 Å². The SMILES string of the molecule is CC(=O)c1ccc([C@H]2CNC(=O)C2)cc1OC(F)F. The van der Waals surface area contributed by atoms with Gasteiger partial charge in [0, 0.05) is 18.9 Å². The van der Waals surface area contributed by atoms with Crippen LogP contribution in [0.2, 0.25) is 0 Å². The van der Waals surface area contributed by atoms with E-state index in [1.807, 2.05) is 0 Å². The molecule has 0 bridgehead atoms.